The molecule has 4 rings (SSSR count). The number of hydroxylamine groups is 2. The zero-order valence-electron chi connectivity index (χ0n) is 20.1. The Balaban J connectivity index is 1.27. The smallest absolute Gasteiger partial charge is 0.369 e. The van der Waals surface area contributed by atoms with Crippen LogP contribution >= 0.6 is 0 Å². The summed E-state index contributed by atoms with van der Waals surface area (Å²) in [5.74, 6) is 0.208. The number of likely N-dealkylation sites (N-methyl/N-ethyl adjacent to an activating group) is 1. The summed E-state index contributed by atoms with van der Waals surface area (Å²) in [4.78, 5) is 35.5. The zero-order valence-corrected chi connectivity index (χ0v) is 20.1. The molecule has 0 radical (unpaired) electrons. The van der Waals surface area contributed by atoms with Gasteiger partial charge in [-0.25, -0.2) is 9.18 Å². The van der Waals surface area contributed by atoms with Crippen LogP contribution in [0, 0.1) is 5.82 Å². The summed E-state index contributed by atoms with van der Waals surface area (Å²) >= 11 is 0. The molecule has 2 heterocycles. The molecule has 7 nitrogen and oxygen atoms in total. The maximum absolute atomic E-state index is 13.2. The van der Waals surface area contributed by atoms with E-state index in [0.717, 1.165) is 49.3 Å². The minimum Gasteiger partial charge on any atom is -0.369 e. The summed E-state index contributed by atoms with van der Waals surface area (Å²) in [5.41, 5.74) is 2.96. The molecular formula is C26H33FN4O3. The molecule has 2 aliphatic rings. The number of carbonyl (C=O) groups excluding carboxylic acids is 2. The third-order valence-corrected chi connectivity index (χ3v) is 7.09. The number of hydrogen-bond donors (Lipinski definition) is 0. The molecule has 0 unspecified atom stereocenters. The molecule has 0 bridgehead atoms. The van der Waals surface area contributed by atoms with Gasteiger partial charge in [0.05, 0.1) is 6.04 Å². The van der Waals surface area contributed by atoms with Crippen molar-refractivity contribution in [3.63, 3.8) is 0 Å². The number of anilines is 2. The summed E-state index contributed by atoms with van der Waals surface area (Å²) in [6.45, 7) is 4.59. The van der Waals surface area contributed by atoms with E-state index in [1.807, 2.05) is 43.4 Å². The summed E-state index contributed by atoms with van der Waals surface area (Å²) in [7, 11) is 3.56. The fourth-order valence-corrected chi connectivity index (χ4v) is 4.73. The van der Waals surface area contributed by atoms with Crippen molar-refractivity contribution in [2.75, 3.05) is 50.1 Å². The van der Waals surface area contributed by atoms with Crippen molar-refractivity contribution in [3.05, 3.63) is 59.9 Å². The normalized spacial score (nSPS) is 19.2. The first kappa shape index (κ1) is 24.0. The van der Waals surface area contributed by atoms with Gasteiger partial charge < -0.3 is 14.6 Å². The number of halogens is 1. The van der Waals surface area contributed by atoms with Crippen LogP contribution in [0.3, 0.4) is 0 Å². The quantitative estimate of drug-likeness (QED) is 0.657. The van der Waals surface area contributed by atoms with Gasteiger partial charge in [-0.15, -0.1) is 5.06 Å². The van der Waals surface area contributed by atoms with E-state index in [1.165, 1.54) is 17.0 Å². The Labute approximate surface area is 200 Å². The Morgan fingerprint density at radius 2 is 1.59 bits per heavy atom. The van der Waals surface area contributed by atoms with Gasteiger partial charge in [0.25, 0.3) is 0 Å². The van der Waals surface area contributed by atoms with Crippen LogP contribution in [0.2, 0.25) is 0 Å². The molecule has 0 spiro atoms. The van der Waals surface area contributed by atoms with Gasteiger partial charge in [0.1, 0.15) is 5.82 Å². The van der Waals surface area contributed by atoms with Crippen LogP contribution in [0.15, 0.2) is 48.5 Å². The van der Waals surface area contributed by atoms with E-state index >= 15 is 0 Å². The topological polar surface area (TPSA) is 56.3 Å². The van der Waals surface area contributed by atoms with Gasteiger partial charge >= 0.3 is 6.09 Å². The average Bonchev–Trinajstić information content (AvgIpc) is 3.34. The number of hydrogen-bond acceptors (Lipinski definition) is 5. The summed E-state index contributed by atoms with van der Waals surface area (Å²) in [6, 6.07) is 14.7. The molecule has 2 aromatic carbocycles. The third-order valence-electron chi connectivity index (χ3n) is 7.09. The minimum absolute atomic E-state index is 0.0852. The molecule has 0 N–H and O–H groups in total. The molecule has 1 atom stereocenters. The SMILES string of the molecule is CC(=O)N(C)[C@@H]1CCN(c2ccc(N(C)C(=O)ON3CCC(c4ccc(F)cc4)CC3)cc2)C1. The monoisotopic (exact) mass is 468 g/mol. The van der Waals surface area contributed by atoms with Crippen molar-refractivity contribution in [2.24, 2.45) is 0 Å². The molecule has 0 saturated carbocycles. The number of amides is 2. The third kappa shape index (κ3) is 5.50. The van der Waals surface area contributed by atoms with Crippen LogP contribution < -0.4 is 9.80 Å². The highest BCUT2D eigenvalue weighted by Crippen LogP contribution is 2.29. The Kier molecular flexibility index (Phi) is 7.36. The lowest BCUT2D eigenvalue weighted by Crippen LogP contribution is -2.39. The molecule has 8 heteroatoms. The molecule has 2 saturated heterocycles. The largest absolute Gasteiger partial charge is 0.433 e. The van der Waals surface area contributed by atoms with E-state index in [0.29, 0.717) is 19.0 Å². The number of piperidine rings is 1. The summed E-state index contributed by atoms with van der Waals surface area (Å²) in [6.07, 6.45) is 2.24. The van der Waals surface area contributed by atoms with Gasteiger partial charge in [-0.2, -0.15) is 0 Å². The Morgan fingerprint density at radius 1 is 0.941 bits per heavy atom. The second-order valence-electron chi connectivity index (χ2n) is 9.21. The standard InChI is InChI=1S/C26H33FN4O3/c1-19(32)28(2)25-14-15-30(18-25)24-10-8-23(9-11-24)29(3)26(33)34-31-16-12-21(13-17-31)20-4-6-22(27)7-5-20/h4-11,21,25H,12-18H2,1-3H3/t25-/m1/s1. The first-order chi connectivity index (χ1) is 16.3. The molecule has 2 fully saturated rings. The minimum atomic E-state index is -0.419. The summed E-state index contributed by atoms with van der Waals surface area (Å²) in [5, 5.41) is 1.71. The summed E-state index contributed by atoms with van der Waals surface area (Å²) < 4.78 is 13.2. The Morgan fingerprint density at radius 3 is 2.21 bits per heavy atom. The molecular weight excluding hydrogens is 435 g/mol. The first-order valence-corrected chi connectivity index (χ1v) is 11.9. The lowest BCUT2D eigenvalue weighted by molar-refractivity contribution is -0.129. The van der Waals surface area contributed by atoms with Crippen molar-refractivity contribution in [3.8, 4) is 0 Å². The van der Waals surface area contributed by atoms with E-state index in [2.05, 4.69) is 4.90 Å². The Hall–Kier alpha value is -3.13. The van der Waals surface area contributed by atoms with Crippen molar-refractivity contribution in [1.82, 2.24) is 9.96 Å². The van der Waals surface area contributed by atoms with Crippen LogP contribution in [0.4, 0.5) is 20.6 Å². The fourth-order valence-electron chi connectivity index (χ4n) is 4.73. The molecule has 0 aliphatic carbocycles. The van der Waals surface area contributed by atoms with Crippen molar-refractivity contribution < 1.29 is 18.8 Å². The van der Waals surface area contributed by atoms with Crippen molar-refractivity contribution in [1.29, 1.82) is 0 Å². The van der Waals surface area contributed by atoms with E-state index in [4.69, 9.17) is 4.84 Å². The van der Waals surface area contributed by atoms with Crippen LogP contribution in [-0.4, -0.2) is 68.3 Å². The molecule has 2 aliphatic heterocycles. The maximum atomic E-state index is 13.2. The van der Waals surface area contributed by atoms with Gasteiger partial charge in [-0.3, -0.25) is 9.69 Å². The van der Waals surface area contributed by atoms with Crippen molar-refractivity contribution >= 4 is 23.4 Å². The second kappa shape index (κ2) is 10.4. The average molecular weight is 469 g/mol. The van der Waals surface area contributed by atoms with Crippen LogP contribution in [-0.2, 0) is 9.63 Å². The number of nitrogens with zero attached hydrogens (tertiary/aromatic N) is 4. The second-order valence-corrected chi connectivity index (χ2v) is 9.21. The molecule has 34 heavy (non-hydrogen) atoms. The predicted octanol–water partition coefficient (Wildman–Crippen LogP) is 4.25. The number of rotatable bonds is 5. The molecule has 2 aromatic rings. The highest BCUT2D eigenvalue weighted by atomic mass is 19.1. The van der Waals surface area contributed by atoms with E-state index in [-0.39, 0.29) is 17.8 Å². The number of benzene rings is 2. The van der Waals surface area contributed by atoms with Gasteiger partial charge in [0, 0.05) is 58.6 Å². The predicted molar refractivity (Wildman–Crippen MR) is 130 cm³/mol. The maximum Gasteiger partial charge on any atom is 0.433 e. The molecule has 0 aromatic heterocycles. The van der Waals surface area contributed by atoms with E-state index in [1.54, 1.807) is 23.9 Å². The van der Waals surface area contributed by atoms with Gasteiger partial charge in [-0.1, -0.05) is 12.1 Å². The molecule has 182 valence electrons. The highest BCUT2D eigenvalue weighted by molar-refractivity contribution is 5.87. The number of carbonyl (C=O) groups is 2. The van der Waals surface area contributed by atoms with Gasteiger partial charge in [0.15, 0.2) is 0 Å². The molecule has 2 amide bonds. The Bertz CT molecular complexity index is 990. The highest BCUT2D eigenvalue weighted by Gasteiger charge is 2.28. The van der Waals surface area contributed by atoms with Crippen LogP contribution in [0.5, 0.6) is 0 Å². The fraction of sp³-hybridized carbons (Fsp3) is 0.462. The van der Waals surface area contributed by atoms with Gasteiger partial charge in [0.2, 0.25) is 5.91 Å². The lowest BCUT2D eigenvalue weighted by atomic mass is 9.90. The van der Waals surface area contributed by atoms with Crippen molar-refractivity contribution in [2.45, 2.75) is 38.1 Å². The first-order valence-electron chi connectivity index (χ1n) is 11.9. The van der Waals surface area contributed by atoms with Crippen LogP contribution in [0.25, 0.3) is 0 Å². The van der Waals surface area contributed by atoms with Gasteiger partial charge in [-0.05, 0) is 67.1 Å². The van der Waals surface area contributed by atoms with E-state index < -0.39 is 6.09 Å². The lowest BCUT2D eigenvalue weighted by Gasteiger charge is -2.31. The zero-order chi connectivity index (χ0) is 24.2. The van der Waals surface area contributed by atoms with Crippen LogP contribution in [0.1, 0.15) is 37.7 Å². The van der Waals surface area contributed by atoms with E-state index in [9.17, 15) is 14.0 Å².